The molecule has 1 saturated heterocycles. The van der Waals surface area contributed by atoms with Gasteiger partial charge in [-0.3, -0.25) is 14.4 Å². The Hall–Kier alpha value is -1.75. The molecule has 1 aliphatic rings. The standard InChI is InChI=1S/C6H14N2O2.C5H9NO2.C2H5NO2/c7-4-2-1-3-5(8)6(9)10;7-5(8)4-2-1-3-6-4;3-1-2(4)5/h5H,1-4,7-8H2,(H,9,10);4,6H,1-3H2,(H,7,8);1,3H2,(H,4,5)/t;4-;/m.0./s1. The Balaban J connectivity index is 0. The molecule has 0 aromatic heterocycles. The molecule has 0 spiro atoms. The highest BCUT2D eigenvalue weighted by molar-refractivity contribution is 5.73. The number of unbranched alkanes of at least 4 members (excludes halogenated alkanes) is 1. The summed E-state index contributed by atoms with van der Waals surface area (Å²) in [4.78, 5) is 29.5. The van der Waals surface area contributed by atoms with Crippen molar-refractivity contribution >= 4 is 17.9 Å². The molecule has 136 valence electrons. The van der Waals surface area contributed by atoms with Crippen LogP contribution in [-0.2, 0) is 14.4 Å². The van der Waals surface area contributed by atoms with Crippen molar-refractivity contribution in [2.24, 2.45) is 17.2 Å². The summed E-state index contributed by atoms with van der Waals surface area (Å²) in [7, 11) is 0. The van der Waals surface area contributed by atoms with E-state index < -0.39 is 23.9 Å². The number of carbonyl (C=O) groups is 3. The zero-order valence-corrected chi connectivity index (χ0v) is 13.1. The lowest BCUT2D eigenvalue weighted by molar-refractivity contribution is -0.139. The van der Waals surface area contributed by atoms with Crippen LogP contribution in [0.25, 0.3) is 0 Å². The summed E-state index contributed by atoms with van der Waals surface area (Å²) < 4.78 is 0. The van der Waals surface area contributed by atoms with Crippen molar-refractivity contribution in [3.05, 3.63) is 0 Å². The molecule has 0 aromatic carbocycles. The molecule has 10 heteroatoms. The molecule has 1 unspecified atom stereocenters. The fraction of sp³-hybridized carbons (Fsp3) is 0.769. The van der Waals surface area contributed by atoms with E-state index in [2.05, 4.69) is 11.1 Å². The third kappa shape index (κ3) is 16.4. The van der Waals surface area contributed by atoms with Crippen molar-refractivity contribution in [3.63, 3.8) is 0 Å². The van der Waals surface area contributed by atoms with Crippen molar-refractivity contribution in [2.75, 3.05) is 19.6 Å². The van der Waals surface area contributed by atoms with Gasteiger partial charge in [0.05, 0.1) is 6.54 Å². The first kappa shape index (κ1) is 23.5. The number of nitrogens with one attached hydrogen (secondary N) is 1. The van der Waals surface area contributed by atoms with E-state index in [1.165, 1.54) is 0 Å². The van der Waals surface area contributed by atoms with E-state index in [0.717, 1.165) is 32.2 Å². The largest absolute Gasteiger partial charge is 0.480 e. The highest BCUT2D eigenvalue weighted by Crippen LogP contribution is 2.03. The van der Waals surface area contributed by atoms with Gasteiger partial charge in [-0.1, -0.05) is 6.42 Å². The summed E-state index contributed by atoms with van der Waals surface area (Å²) in [6.45, 7) is 1.18. The molecular weight excluding hydrogens is 308 g/mol. The average Bonchev–Trinajstić information content (AvgIpc) is 3.03. The Labute approximate surface area is 135 Å². The lowest BCUT2D eigenvalue weighted by Crippen LogP contribution is -2.29. The van der Waals surface area contributed by atoms with Crippen LogP contribution in [-0.4, -0.2) is 64.9 Å². The fourth-order valence-electron chi connectivity index (χ4n) is 1.53. The van der Waals surface area contributed by atoms with Gasteiger partial charge < -0.3 is 37.8 Å². The Morgan fingerprint density at radius 3 is 1.96 bits per heavy atom. The highest BCUT2D eigenvalue weighted by atomic mass is 16.4. The van der Waals surface area contributed by atoms with Crippen molar-refractivity contribution in [1.82, 2.24) is 5.32 Å². The Bertz CT molecular complexity index is 347. The summed E-state index contributed by atoms with van der Waals surface area (Å²) in [6, 6.07) is -0.985. The van der Waals surface area contributed by atoms with E-state index in [1.807, 2.05) is 0 Å². The van der Waals surface area contributed by atoms with E-state index in [1.54, 1.807) is 0 Å². The van der Waals surface area contributed by atoms with Gasteiger partial charge in [-0.25, -0.2) is 0 Å². The topological polar surface area (TPSA) is 202 Å². The molecule has 23 heavy (non-hydrogen) atoms. The fourth-order valence-corrected chi connectivity index (χ4v) is 1.53. The molecule has 1 fully saturated rings. The molecule has 10 nitrogen and oxygen atoms in total. The minimum Gasteiger partial charge on any atom is -0.480 e. The Morgan fingerprint density at radius 2 is 1.70 bits per heavy atom. The quantitative estimate of drug-likeness (QED) is 0.265. The number of rotatable bonds is 7. The summed E-state index contributed by atoms with van der Waals surface area (Å²) in [5, 5.41) is 27.1. The van der Waals surface area contributed by atoms with Gasteiger partial charge in [0, 0.05) is 0 Å². The lowest BCUT2D eigenvalue weighted by atomic mass is 10.1. The predicted molar refractivity (Wildman–Crippen MR) is 83.9 cm³/mol. The third-order valence-corrected chi connectivity index (χ3v) is 2.82. The molecule has 0 aromatic rings. The molecule has 0 aliphatic carbocycles. The van der Waals surface area contributed by atoms with Gasteiger partial charge in [-0.2, -0.15) is 0 Å². The molecule has 0 bridgehead atoms. The molecule has 0 amide bonds. The second-order valence-electron chi connectivity index (χ2n) is 4.81. The van der Waals surface area contributed by atoms with Crippen molar-refractivity contribution in [1.29, 1.82) is 0 Å². The van der Waals surface area contributed by atoms with Gasteiger partial charge in [0.25, 0.3) is 0 Å². The van der Waals surface area contributed by atoms with Crippen LogP contribution in [0.15, 0.2) is 0 Å². The second kappa shape index (κ2) is 15.2. The summed E-state index contributed by atoms with van der Waals surface area (Å²) in [5.41, 5.74) is 15.0. The third-order valence-electron chi connectivity index (χ3n) is 2.82. The van der Waals surface area contributed by atoms with Gasteiger partial charge in [0.2, 0.25) is 0 Å². The number of carboxylic acids is 3. The highest BCUT2D eigenvalue weighted by Gasteiger charge is 2.20. The van der Waals surface area contributed by atoms with Crippen LogP contribution in [0.5, 0.6) is 0 Å². The van der Waals surface area contributed by atoms with Gasteiger partial charge >= 0.3 is 17.9 Å². The van der Waals surface area contributed by atoms with Crippen LogP contribution in [0.3, 0.4) is 0 Å². The zero-order chi connectivity index (χ0) is 18.3. The summed E-state index contributed by atoms with van der Waals surface area (Å²) >= 11 is 0. The number of hydrogen-bond acceptors (Lipinski definition) is 7. The van der Waals surface area contributed by atoms with E-state index >= 15 is 0 Å². The number of carboxylic acid groups (broad SMARTS) is 3. The maximum atomic E-state index is 10.1. The Morgan fingerprint density at radius 1 is 1.13 bits per heavy atom. The summed E-state index contributed by atoms with van der Waals surface area (Å²) in [5.74, 6) is -2.62. The first-order valence-electron chi connectivity index (χ1n) is 7.32. The average molecular weight is 336 g/mol. The van der Waals surface area contributed by atoms with Gasteiger partial charge in [-0.05, 0) is 38.8 Å². The van der Waals surface area contributed by atoms with Gasteiger partial charge in [-0.15, -0.1) is 0 Å². The second-order valence-corrected chi connectivity index (χ2v) is 4.81. The normalized spacial score (nSPS) is 17.1. The van der Waals surface area contributed by atoms with Gasteiger partial charge in [0.15, 0.2) is 0 Å². The minimum absolute atomic E-state index is 0.269. The monoisotopic (exact) mass is 336 g/mol. The van der Waals surface area contributed by atoms with E-state index in [0.29, 0.717) is 13.0 Å². The van der Waals surface area contributed by atoms with Crippen molar-refractivity contribution < 1.29 is 29.7 Å². The first-order valence-corrected chi connectivity index (χ1v) is 7.32. The number of hydrogen-bond donors (Lipinski definition) is 7. The van der Waals surface area contributed by atoms with E-state index in [-0.39, 0.29) is 12.6 Å². The number of nitrogens with two attached hydrogens (primary N) is 3. The molecule has 10 N–H and O–H groups in total. The molecule has 1 heterocycles. The van der Waals surface area contributed by atoms with Crippen LogP contribution in [0, 0.1) is 0 Å². The maximum Gasteiger partial charge on any atom is 0.320 e. The van der Waals surface area contributed by atoms with Crippen LogP contribution in [0.2, 0.25) is 0 Å². The Kier molecular flexibility index (Phi) is 15.5. The zero-order valence-electron chi connectivity index (χ0n) is 13.1. The molecule has 0 saturated carbocycles. The molecular formula is C13H28N4O6. The van der Waals surface area contributed by atoms with Gasteiger partial charge in [0.1, 0.15) is 12.1 Å². The predicted octanol–water partition coefficient (Wildman–Crippen LogP) is -1.62. The molecule has 1 aliphatic heterocycles. The van der Waals surface area contributed by atoms with E-state index in [4.69, 9.17) is 26.8 Å². The number of aliphatic carboxylic acids is 3. The first-order chi connectivity index (χ1) is 10.8. The maximum absolute atomic E-state index is 10.1. The van der Waals surface area contributed by atoms with Crippen LogP contribution >= 0.6 is 0 Å². The van der Waals surface area contributed by atoms with Crippen molar-refractivity contribution in [2.45, 2.75) is 44.2 Å². The van der Waals surface area contributed by atoms with Crippen LogP contribution < -0.4 is 22.5 Å². The lowest BCUT2D eigenvalue weighted by Gasteiger charge is -2.03. The molecule has 0 radical (unpaired) electrons. The van der Waals surface area contributed by atoms with Crippen LogP contribution in [0.4, 0.5) is 0 Å². The molecule has 1 rings (SSSR count). The SMILES string of the molecule is NCC(=O)O.NCCCCC(N)C(=O)O.O=C(O)[C@@H]1CCCN1. The molecule has 2 atom stereocenters. The van der Waals surface area contributed by atoms with Crippen molar-refractivity contribution in [3.8, 4) is 0 Å². The smallest absolute Gasteiger partial charge is 0.320 e. The summed E-state index contributed by atoms with van der Waals surface area (Å²) in [6.07, 6.45) is 3.95. The van der Waals surface area contributed by atoms with E-state index in [9.17, 15) is 14.4 Å². The minimum atomic E-state index is -0.968. The van der Waals surface area contributed by atoms with Crippen LogP contribution in [0.1, 0.15) is 32.1 Å².